The Balaban J connectivity index is 0.000000195. The van der Waals surface area contributed by atoms with Crippen LogP contribution in [0, 0.1) is 0 Å². The second-order valence-corrected chi connectivity index (χ2v) is 9.98. The molecular formula is C29H42N4O4. The van der Waals surface area contributed by atoms with Gasteiger partial charge in [-0.25, -0.2) is 0 Å². The molecule has 0 spiro atoms. The number of methoxy groups -OCH3 is 1. The molecule has 2 fully saturated rings. The van der Waals surface area contributed by atoms with Gasteiger partial charge >= 0.3 is 0 Å². The number of hydrogen-bond acceptors (Lipinski definition) is 8. The Hall–Kier alpha value is -2.97. The first kappa shape index (κ1) is 27.1. The summed E-state index contributed by atoms with van der Waals surface area (Å²) in [6, 6.07) is 13.2. The molecule has 1 N–H and O–H groups in total. The number of piperazine rings is 1. The monoisotopic (exact) mass is 510 g/mol. The van der Waals surface area contributed by atoms with E-state index in [4.69, 9.17) is 14.2 Å². The molecule has 2 aromatic carbocycles. The van der Waals surface area contributed by atoms with Gasteiger partial charge in [-0.05, 0) is 57.0 Å². The Kier molecular flexibility index (Phi) is 9.52. The zero-order chi connectivity index (χ0) is 26.2. The van der Waals surface area contributed by atoms with Crippen LogP contribution in [-0.4, -0.2) is 90.0 Å². The average molecular weight is 511 g/mol. The van der Waals surface area contributed by atoms with Crippen LogP contribution in [0.5, 0.6) is 11.5 Å². The second kappa shape index (κ2) is 13.0. The van der Waals surface area contributed by atoms with E-state index < -0.39 is 0 Å². The van der Waals surface area contributed by atoms with Gasteiger partial charge in [-0.2, -0.15) is 0 Å². The number of hydrogen-bond donors (Lipinski definition) is 1. The van der Waals surface area contributed by atoms with Crippen molar-refractivity contribution in [1.82, 2.24) is 4.90 Å². The van der Waals surface area contributed by atoms with Gasteiger partial charge in [-0.3, -0.25) is 9.69 Å². The molecule has 2 saturated heterocycles. The molecule has 8 heteroatoms. The van der Waals surface area contributed by atoms with Gasteiger partial charge in [0.1, 0.15) is 11.5 Å². The number of carbonyl (C=O) groups is 1. The third-order valence-corrected chi connectivity index (χ3v) is 7.39. The number of fused-ring (bicyclic) bond motifs is 1. The first-order valence-corrected chi connectivity index (χ1v) is 13.4. The lowest BCUT2D eigenvalue weighted by Gasteiger charge is -2.39. The van der Waals surface area contributed by atoms with Crippen LogP contribution in [0.2, 0.25) is 0 Å². The molecule has 37 heavy (non-hydrogen) atoms. The number of nitrogens with one attached hydrogen (secondary N) is 1. The van der Waals surface area contributed by atoms with E-state index in [1.165, 1.54) is 5.69 Å². The maximum absolute atomic E-state index is 11.1. The number of benzene rings is 2. The molecule has 202 valence electrons. The van der Waals surface area contributed by atoms with E-state index in [0.717, 1.165) is 100 Å². The topological polar surface area (TPSA) is 66.5 Å². The highest BCUT2D eigenvalue weighted by Gasteiger charge is 2.27. The zero-order valence-corrected chi connectivity index (χ0v) is 22.7. The van der Waals surface area contributed by atoms with E-state index in [1.54, 1.807) is 7.11 Å². The maximum atomic E-state index is 11.1. The van der Waals surface area contributed by atoms with Crippen LogP contribution in [0.25, 0.3) is 0 Å². The van der Waals surface area contributed by atoms with Crippen molar-refractivity contribution in [3.05, 3.63) is 42.0 Å². The van der Waals surface area contributed by atoms with Crippen LogP contribution in [-0.2, 0) is 16.0 Å². The smallest absolute Gasteiger partial charge is 0.160 e. The average Bonchev–Trinajstić information content (AvgIpc) is 2.97. The zero-order valence-electron chi connectivity index (χ0n) is 22.7. The number of aryl methyl sites for hydroxylation is 1. The molecule has 0 saturated carbocycles. The molecule has 0 amide bonds. The molecule has 5 rings (SSSR count). The number of aldehydes is 1. The molecule has 2 aromatic rings. The van der Waals surface area contributed by atoms with Gasteiger partial charge in [0.05, 0.1) is 26.0 Å². The summed E-state index contributed by atoms with van der Waals surface area (Å²) >= 11 is 0. The Labute approximate surface area is 221 Å². The fourth-order valence-corrected chi connectivity index (χ4v) is 5.06. The third kappa shape index (κ3) is 6.87. The van der Waals surface area contributed by atoms with Gasteiger partial charge in [-0.1, -0.05) is 0 Å². The van der Waals surface area contributed by atoms with Crippen molar-refractivity contribution in [2.75, 3.05) is 81.8 Å². The van der Waals surface area contributed by atoms with Crippen LogP contribution >= 0.6 is 0 Å². The molecular weight excluding hydrogens is 468 g/mol. The van der Waals surface area contributed by atoms with Crippen molar-refractivity contribution in [1.29, 1.82) is 0 Å². The summed E-state index contributed by atoms with van der Waals surface area (Å²) < 4.78 is 16.7. The molecule has 0 aliphatic carbocycles. The van der Waals surface area contributed by atoms with Crippen LogP contribution in [0.15, 0.2) is 36.4 Å². The van der Waals surface area contributed by atoms with Gasteiger partial charge in [0.15, 0.2) is 12.4 Å². The lowest BCUT2D eigenvalue weighted by Crippen LogP contribution is -2.49. The predicted octanol–water partition coefficient (Wildman–Crippen LogP) is 3.68. The molecule has 3 aliphatic rings. The Morgan fingerprint density at radius 2 is 1.70 bits per heavy atom. The maximum Gasteiger partial charge on any atom is 0.160 e. The fourth-order valence-electron chi connectivity index (χ4n) is 5.06. The van der Waals surface area contributed by atoms with Crippen LogP contribution in [0.3, 0.4) is 0 Å². The number of rotatable bonds is 6. The third-order valence-electron chi connectivity index (χ3n) is 7.39. The fraction of sp³-hybridized carbons (Fsp3) is 0.552. The Morgan fingerprint density at radius 3 is 2.30 bits per heavy atom. The molecule has 3 aliphatic heterocycles. The Morgan fingerprint density at radius 1 is 1.00 bits per heavy atom. The Bertz CT molecular complexity index is 1000. The molecule has 0 bridgehead atoms. The normalized spacial score (nSPS) is 19.9. The van der Waals surface area contributed by atoms with E-state index in [0.29, 0.717) is 6.04 Å². The number of anilines is 3. The number of ether oxygens (including phenoxy) is 3. The van der Waals surface area contributed by atoms with E-state index >= 15 is 0 Å². The van der Waals surface area contributed by atoms with Gasteiger partial charge in [0, 0.05) is 75.4 Å². The minimum atomic E-state index is -0.327. The highest BCUT2D eigenvalue weighted by Crippen LogP contribution is 2.40. The van der Waals surface area contributed by atoms with E-state index in [9.17, 15) is 4.79 Å². The number of morpholine rings is 1. The summed E-state index contributed by atoms with van der Waals surface area (Å²) in [4.78, 5) is 18.3. The van der Waals surface area contributed by atoms with Gasteiger partial charge in [0.25, 0.3) is 0 Å². The highest BCUT2D eigenvalue weighted by atomic mass is 16.5. The quantitative estimate of drug-likeness (QED) is 0.591. The van der Waals surface area contributed by atoms with E-state index in [-0.39, 0.29) is 6.10 Å². The van der Waals surface area contributed by atoms with Crippen molar-refractivity contribution in [2.24, 2.45) is 0 Å². The summed E-state index contributed by atoms with van der Waals surface area (Å²) in [6.07, 6.45) is 2.18. The number of nitrogens with zero attached hydrogens (tertiary/aromatic N) is 3. The summed E-state index contributed by atoms with van der Waals surface area (Å²) in [7, 11) is 3.63. The van der Waals surface area contributed by atoms with Crippen LogP contribution < -0.4 is 24.6 Å². The standard InChI is InChI=1S/C18H26N2O3.C11H16N2O/c1-13(2)19-6-8-20(9-7-19)17-11-16(22-3)10-14-4-5-15(12-21)23-18(14)17;1-12-10-2-4-11(5-3-10)13-6-8-14-9-7-13/h10-13,15H,4-9H2,1-3H3;2-5,12H,6-9H2,1H3. The van der Waals surface area contributed by atoms with Crippen molar-refractivity contribution in [2.45, 2.75) is 38.8 Å². The molecule has 8 nitrogen and oxygen atoms in total. The SMILES string of the molecule is CNc1ccc(N2CCOCC2)cc1.COc1cc2c(c(N3CCN(C(C)C)CC3)c1)OC(C=O)CC2. The lowest BCUT2D eigenvalue weighted by molar-refractivity contribution is -0.114. The first-order valence-electron chi connectivity index (χ1n) is 13.4. The summed E-state index contributed by atoms with van der Waals surface area (Å²) in [5.41, 5.74) is 4.65. The highest BCUT2D eigenvalue weighted by molar-refractivity contribution is 5.68. The second-order valence-electron chi connectivity index (χ2n) is 9.98. The number of carbonyl (C=O) groups excluding carboxylic acids is 1. The van der Waals surface area contributed by atoms with Crippen LogP contribution in [0.4, 0.5) is 17.1 Å². The van der Waals surface area contributed by atoms with Crippen molar-refractivity contribution in [3.63, 3.8) is 0 Å². The first-order chi connectivity index (χ1) is 18.0. The lowest BCUT2D eigenvalue weighted by atomic mass is 10.0. The van der Waals surface area contributed by atoms with Gasteiger partial charge in [-0.15, -0.1) is 0 Å². The predicted molar refractivity (Wildman–Crippen MR) is 150 cm³/mol. The summed E-state index contributed by atoms with van der Waals surface area (Å²) in [6.45, 7) is 12.2. The summed E-state index contributed by atoms with van der Waals surface area (Å²) in [5, 5.41) is 3.11. The van der Waals surface area contributed by atoms with Crippen molar-refractivity contribution < 1.29 is 19.0 Å². The molecule has 3 heterocycles. The minimum absolute atomic E-state index is 0.327. The molecule has 0 aromatic heterocycles. The van der Waals surface area contributed by atoms with E-state index in [1.807, 2.05) is 19.2 Å². The van der Waals surface area contributed by atoms with Gasteiger partial charge in [0.2, 0.25) is 0 Å². The molecule has 0 radical (unpaired) electrons. The van der Waals surface area contributed by atoms with E-state index in [2.05, 4.69) is 58.1 Å². The minimum Gasteiger partial charge on any atom is -0.497 e. The van der Waals surface area contributed by atoms with Crippen molar-refractivity contribution >= 4 is 23.3 Å². The van der Waals surface area contributed by atoms with Gasteiger partial charge < -0.3 is 29.3 Å². The largest absolute Gasteiger partial charge is 0.497 e. The molecule has 1 unspecified atom stereocenters. The van der Waals surface area contributed by atoms with Crippen LogP contribution in [0.1, 0.15) is 25.8 Å². The summed E-state index contributed by atoms with van der Waals surface area (Å²) in [5.74, 6) is 1.73. The van der Waals surface area contributed by atoms with Crippen molar-refractivity contribution in [3.8, 4) is 11.5 Å². The molecule has 1 atom stereocenters.